The van der Waals surface area contributed by atoms with Crippen molar-refractivity contribution in [3.05, 3.63) is 35.9 Å². The third kappa shape index (κ3) is 7.52. The molecule has 2 aliphatic rings. The molecule has 2 aliphatic heterocycles. The van der Waals surface area contributed by atoms with Crippen LogP contribution in [0.2, 0.25) is 0 Å². The number of halogens is 1. The zero-order valence-corrected chi connectivity index (χ0v) is 19.9. The summed E-state index contributed by atoms with van der Waals surface area (Å²) >= 11 is 0. The predicted octanol–water partition coefficient (Wildman–Crippen LogP) is 3.17. The van der Waals surface area contributed by atoms with Gasteiger partial charge in [0.25, 0.3) is 0 Å². The average Bonchev–Trinajstić information content (AvgIpc) is 3.14. The first-order valence-electron chi connectivity index (χ1n) is 10.7. The fraction of sp³-hybridized carbons (Fsp3) is 0.682. The summed E-state index contributed by atoms with van der Waals surface area (Å²) < 4.78 is 0. The Morgan fingerprint density at radius 2 is 1.82 bits per heavy atom. The molecular weight excluding hydrogens is 461 g/mol. The van der Waals surface area contributed by atoms with Gasteiger partial charge in [0.15, 0.2) is 5.96 Å². The topological polar surface area (TPSA) is 42.9 Å². The van der Waals surface area contributed by atoms with E-state index in [1.54, 1.807) is 0 Å². The van der Waals surface area contributed by atoms with Crippen LogP contribution in [0.25, 0.3) is 0 Å². The number of aliphatic imine (C=N–C) groups is 1. The van der Waals surface area contributed by atoms with Crippen molar-refractivity contribution in [2.24, 2.45) is 10.9 Å². The standard InChI is InChI=1S/C22H37N5.HI/c1-23-22(24-13-10-19-11-15-26(2)16-12-19)25-17-21-9-6-14-27(21)18-20-7-4-3-5-8-20;/h3-5,7-8,19,21H,6,9-18H2,1-2H3,(H2,23,24,25);1H. The third-order valence-corrected chi connectivity index (χ3v) is 6.14. The number of hydrogen-bond acceptors (Lipinski definition) is 3. The van der Waals surface area contributed by atoms with E-state index < -0.39 is 0 Å². The fourth-order valence-electron chi connectivity index (χ4n) is 4.33. The van der Waals surface area contributed by atoms with Gasteiger partial charge in [-0.25, -0.2) is 0 Å². The van der Waals surface area contributed by atoms with Gasteiger partial charge in [0.1, 0.15) is 0 Å². The lowest BCUT2D eigenvalue weighted by molar-refractivity contribution is 0.213. The van der Waals surface area contributed by atoms with Crippen LogP contribution < -0.4 is 10.6 Å². The minimum absolute atomic E-state index is 0. The highest BCUT2D eigenvalue weighted by Gasteiger charge is 2.24. The summed E-state index contributed by atoms with van der Waals surface area (Å²) in [6.45, 7) is 6.74. The van der Waals surface area contributed by atoms with Crippen molar-refractivity contribution in [2.75, 3.05) is 46.8 Å². The quantitative estimate of drug-likeness (QED) is 0.344. The molecule has 1 unspecified atom stereocenters. The molecule has 0 spiro atoms. The molecule has 2 heterocycles. The van der Waals surface area contributed by atoms with Gasteiger partial charge in [-0.05, 0) is 70.3 Å². The summed E-state index contributed by atoms with van der Waals surface area (Å²) in [5, 5.41) is 7.08. The maximum Gasteiger partial charge on any atom is 0.191 e. The van der Waals surface area contributed by atoms with Crippen LogP contribution in [0.1, 0.15) is 37.7 Å². The summed E-state index contributed by atoms with van der Waals surface area (Å²) in [7, 11) is 4.10. The molecular formula is C22H38IN5. The number of nitrogens with one attached hydrogen (secondary N) is 2. The molecule has 0 aromatic heterocycles. The second-order valence-corrected chi connectivity index (χ2v) is 8.17. The normalized spacial score (nSPS) is 22.1. The van der Waals surface area contributed by atoms with Gasteiger partial charge in [0.05, 0.1) is 0 Å². The second-order valence-electron chi connectivity index (χ2n) is 8.17. The van der Waals surface area contributed by atoms with Crippen molar-refractivity contribution in [1.29, 1.82) is 0 Å². The molecule has 2 saturated heterocycles. The first kappa shape index (κ1) is 23.4. The van der Waals surface area contributed by atoms with E-state index in [4.69, 9.17) is 0 Å². The minimum Gasteiger partial charge on any atom is -0.356 e. The number of piperidine rings is 1. The molecule has 2 N–H and O–H groups in total. The lowest BCUT2D eigenvalue weighted by Crippen LogP contribution is -2.45. The summed E-state index contributed by atoms with van der Waals surface area (Å²) in [4.78, 5) is 9.46. The first-order chi connectivity index (χ1) is 13.2. The molecule has 0 bridgehead atoms. The van der Waals surface area contributed by atoms with Crippen LogP contribution in [0.15, 0.2) is 35.3 Å². The van der Waals surface area contributed by atoms with Crippen LogP contribution in [-0.4, -0.2) is 68.6 Å². The van der Waals surface area contributed by atoms with E-state index >= 15 is 0 Å². The molecule has 3 rings (SSSR count). The Morgan fingerprint density at radius 3 is 2.54 bits per heavy atom. The van der Waals surface area contributed by atoms with Crippen molar-refractivity contribution >= 4 is 29.9 Å². The SMILES string of the molecule is CN=C(NCCC1CCN(C)CC1)NCC1CCCN1Cc1ccccc1.I. The van der Waals surface area contributed by atoms with E-state index in [1.165, 1.54) is 57.3 Å². The van der Waals surface area contributed by atoms with E-state index in [1.807, 2.05) is 7.05 Å². The molecule has 28 heavy (non-hydrogen) atoms. The monoisotopic (exact) mass is 499 g/mol. The van der Waals surface area contributed by atoms with Crippen molar-refractivity contribution in [3.63, 3.8) is 0 Å². The molecule has 1 atom stereocenters. The van der Waals surface area contributed by atoms with Gasteiger partial charge in [-0.1, -0.05) is 30.3 Å². The Labute approximate surface area is 188 Å². The van der Waals surface area contributed by atoms with E-state index in [0.29, 0.717) is 6.04 Å². The van der Waals surface area contributed by atoms with Crippen LogP contribution in [0, 0.1) is 5.92 Å². The third-order valence-electron chi connectivity index (χ3n) is 6.14. The maximum absolute atomic E-state index is 4.42. The zero-order chi connectivity index (χ0) is 18.9. The number of benzene rings is 1. The van der Waals surface area contributed by atoms with Crippen LogP contribution in [0.4, 0.5) is 0 Å². The van der Waals surface area contributed by atoms with Crippen molar-refractivity contribution < 1.29 is 0 Å². The summed E-state index contributed by atoms with van der Waals surface area (Å²) in [5.41, 5.74) is 1.41. The molecule has 1 aromatic rings. The molecule has 6 heteroatoms. The number of rotatable bonds is 7. The number of likely N-dealkylation sites (tertiary alicyclic amines) is 2. The Morgan fingerprint density at radius 1 is 1.07 bits per heavy atom. The second kappa shape index (κ2) is 12.6. The van der Waals surface area contributed by atoms with Gasteiger partial charge in [-0.3, -0.25) is 9.89 Å². The highest BCUT2D eigenvalue weighted by atomic mass is 127. The highest BCUT2D eigenvalue weighted by Crippen LogP contribution is 2.20. The van der Waals surface area contributed by atoms with Gasteiger partial charge in [0.2, 0.25) is 0 Å². The smallest absolute Gasteiger partial charge is 0.191 e. The zero-order valence-electron chi connectivity index (χ0n) is 17.6. The van der Waals surface area contributed by atoms with Gasteiger partial charge in [0, 0.05) is 32.7 Å². The molecule has 0 radical (unpaired) electrons. The van der Waals surface area contributed by atoms with Crippen LogP contribution in [0.3, 0.4) is 0 Å². The van der Waals surface area contributed by atoms with Gasteiger partial charge >= 0.3 is 0 Å². The molecule has 158 valence electrons. The number of hydrogen-bond donors (Lipinski definition) is 2. The van der Waals surface area contributed by atoms with Gasteiger partial charge in [-0.2, -0.15) is 0 Å². The Hall–Kier alpha value is -0.860. The molecule has 1 aromatic carbocycles. The number of guanidine groups is 1. The molecule has 5 nitrogen and oxygen atoms in total. The lowest BCUT2D eigenvalue weighted by atomic mass is 9.94. The average molecular weight is 499 g/mol. The van der Waals surface area contributed by atoms with Crippen molar-refractivity contribution in [1.82, 2.24) is 20.4 Å². The highest BCUT2D eigenvalue weighted by molar-refractivity contribution is 14.0. The van der Waals surface area contributed by atoms with Crippen LogP contribution in [-0.2, 0) is 6.54 Å². The Kier molecular flexibility index (Phi) is 10.6. The summed E-state index contributed by atoms with van der Waals surface area (Å²) in [6, 6.07) is 11.4. The fourth-order valence-corrected chi connectivity index (χ4v) is 4.33. The van der Waals surface area contributed by atoms with Crippen LogP contribution in [0.5, 0.6) is 0 Å². The van der Waals surface area contributed by atoms with E-state index in [2.05, 4.69) is 62.8 Å². The van der Waals surface area contributed by atoms with E-state index in [0.717, 1.165) is 31.5 Å². The first-order valence-corrected chi connectivity index (χ1v) is 10.7. The van der Waals surface area contributed by atoms with E-state index in [-0.39, 0.29) is 24.0 Å². The Balaban J connectivity index is 0.00000280. The van der Waals surface area contributed by atoms with Crippen molar-refractivity contribution in [2.45, 2.75) is 44.7 Å². The molecule has 0 saturated carbocycles. The summed E-state index contributed by atoms with van der Waals surface area (Å²) in [6.07, 6.45) is 6.48. The maximum atomic E-state index is 4.42. The molecule has 0 aliphatic carbocycles. The van der Waals surface area contributed by atoms with Gasteiger partial charge < -0.3 is 15.5 Å². The molecule has 0 amide bonds. The predicted molar refractivity (Wildman–Crippen MR) is 129 cm³/mol. The summed E-state index contributed by atoms with van der Waals surface area (Å²) in [5.74, 6) is 1.82. The molecule has 2 fully saturated rings. The minimum atomic E-state index is 0. The number of nitrogens with zero attached hydrogens (tertiary/aromatic N) is 3. The lowest BCUT2D eigenvalue weighted by Gasteiger charge is -2.29. The van der Waals surface area contributed by atoms with Gasteiger partial charge in [-0.15, -0.1) is 24.0 Å². The van der Waals surface area contributed by atoms with E-state index in [9.17, 15) is 0 Å². The largest absolute Gasteiger partial charge is 0.356 e. The van der Waals surface area contributed by atoms with Crippen molar-refractivity contribution in [3.8, 4) is 0 Å². The van der Waals surface area contributed by atoms with Crippen LogP contribution >= 0.6 is 24.0 Å². The Bertz CT molecular complexity index is 572.